The minimum atomic E-state index is 0.462. The number of hydrogen-bond donors (Lipinski definition) is 2. The molecule has 3 N–H and O–H groups in total. The molecular formula is C18H20N2. The van der Waals surface area contributed by atoms with E-state index in [0.29, 0.717) is 5.92 Å². The Morgan fingerprint density at radius 3 is 2.40 bits per heavy atom. The Hall–Kier alpha value is -2.22. The molecule has 102 valence electrons. The van der Waals surface area contributed by atoms with E-state index in [4.69, 9.17) is 5.73 Å². The van der Waals surface area contributed by atoms with Gasteiger partial charge in [-0.25, -0.2) is 0 Å². The van der Waals surface area contributed by atoms with Crippen LogP contribution >= 0.6 is 0 Å². The third-order valence-electron chi connectivity index (χ3n) is 4.11. The van der Waals surface area contributed by atoms with Gasteiger partial charge < -0.3 is 11.1 Å². The van der Waals surface area contributed by atoms with Gasteiger partial charge >= 0.3 is 0 Å². The SMILES string of the molecule is CN/C1=C(\N)c2ccccc2C(C)Cc2ccccc21. The summed E-state index contributed by atoms with van der Waals surface area (Å²) in [5, 5.41) is 3.29. The van der Waals surface area contributed by atoms with Crippen LogP contribution in [0.4, 0.5) is 0 Å². The molecule has 1 unspecified atom stereocenters. The van der Waals surface area contributed by atoms with Crippen LogP contribution in [0, 0.1) is 0 Å². The van der Waals surface area contributed by atoms with Gasteiger partial charge in [0.25, 0.3) is 0 Å². The number of benzene rings is 2. The number of rotatable bonds is 1. The summed E-state index contributed by atoms with van der Waals surface area (Å²) in [6.45, 7) is 2.27. The molecule has 0 saturated carbocycles. The number of nitrogens with one attached hydrogen (secondary N) is 1. The molecule has 0 heterocycles. The highest BCUT2D eigenvalue weighted by atomic mass is 14.9. The summed E-state index contributed by atoms with van der Waals surface area (Å²) in [4.78, 5) is 0. The van der Waals surface area contributed by atoms with Crippen LogP contribution < -0.4 is 11.1 Å². The number of nitrogens with two attached hydrogens (primary N) is 1. The van der Waals surface area contributed by atoms with Gasteiger partial charge in [-0.05, 0) is 23.5 Å². The van der Waals surface area contributed by atoms with Crippen LogP contribution in [-0.4, -0.2) is 7.05 Å². The van der Waals surface area contributed by atoms with Gasteiger partial charge in [0.1, 0.15) is 0 Å². The fourth-order valence-electron chi connectivity index (χ4n) is 3.10. The number of fused-ring (bicyclic) bond motifs is 2. The van der Waals surface area contributed by atoms with E-state index < -0.39 is 0 Å². The van der Waals surface area contributed by atoms with Crippen LogP contribution in [0.5, 0.6) is 0 Å². The molecule has 0 fully saturated rings. The Bertz CT molecular complexity index is 671. The van der Waals surface area contributed by atoms with E-state index in [2.05, 4.69) is 60.8 Å². The van der Waals surface area contributed by atoms with Crippen LogP contribution in [0.25, 0.3) is 11.4 Å². The molecule has 0 spiro atoms. The quantitative estimate of drug-likeness (QED) is 0.829. The van der Waals surface area contributed by atoms with Crippen molar-refractivity contribution in [3.63, 3.8) is 0 Å². The maximum Gasteiger partial charge on any atom is 0.0654 e. The molecule has 2 nitrogen and oxygen atoms in total. The molecule has 3 rings (SSSR count). The van der Waals surface area contributed by atoms with Crippen molar-refractivity contribution >= 4 is 11.4 Å². The van der Waals surface area contributed by atoms with Crippen LogP contribution in [0.1, 0.15) is 35.1 Å². The summed E-state index contributed by atoms with van der Waals surface area (Å²) >= 11 is 0. The highest BCUT2D eigenvalue weighted by molar-refractivity contribution is 5.90. The Kier molecular flexibility index (Phi) is 3.23. The molecule has 1 aliphatic carbocycles. The highest BCUT2D eigenvalue weighted by Gasteiger charge is 2.21. The molecular weight excluding hydrogens is 244 g/mol. The Morgan fingerprint density at radius 2 is 1.65 bits per heavy atom. The monoisotopic (exact) mass is 264 g/mol. The fraction of sp³-hybridized carbons (Fsp3) is 0.222. The Balaban J connectivity index is 2.32. The van der Waals surface area contributed by atoms with E-state index in [-0.39, 0.29) is 0 Å². The minimum absolute atomic E-state index is 0.462. The predicted octanol–water partition coefficient (Wildman–Crippen LogP) is 3.35. The van der Waals surface area contributed by atoms with E-state index in [1.807, 2.05) is 7.05 Å². The molecule has 1 atom stereocenters. The van der Waals surface area contributed by atoms with Gasteiger partial charge in [0, 0.05) is 18.2 Å². The maximum absolute atomic E-state index is 6.46. The Labute approximate surface area is 120 Å². The third kappa shape index (κ3) is 1.97. The van der Waals surface area contributed by atoms with E-state index in [0.717, 1.165) is 23.4 Å². The summed E-state index contributed by atoms with van der Waals surface area (Å²) in [6.07, 6.45) is 1.03. The average Bonchev–Trinajstić information content (AvgIpc) is 2.48. The molecule has 20 heavy (non-hydrogen) atoms. The van der Waals surface area contributed by atoms with Crippen molar-refractivity contribution in [2.24, 2.45) is 5.73 Å². The summed E-state index contributed by atoms with van der Waals surface area (Å²) in [5.74, 6) is 0.462. The van der Waals surface area contributed by atoms with Crippen LogP contribution in [-0.2, 0) is 6.42 Å². The first-order valence-electron chi connectivity index (χ1n) is 7.07. The lowest BCUT2D eigenvalue weighted by atomic mass is 9.84. The second-order valence-corrected chi connectivity index (χ2v) is 5.39. The van der Waals surface area contributed by atoms with Crippen LogP contribution in [0.2, 0.25) is 0 Å². The van der Waals surface area contributed by atoms with Crippen molar-refractivity contribution in [1.82, 2.24) is 5.32 Å². The first-order valence-corrected chi connectivity index (χ1v) is 7.07. The van der Waals surface area contributed by atoms with Gasteiger partial charge in [-0.3, -0.25) is 0 Å². The van der Waals surface area contributed by atoms with Crippen molar-refractivity contribution in [3.05, 3.63) is 70.8 Å². The molecule has 2 aromatic rings. The van der Waals surface area contributed by atoms with Crippen molar-refractivity contribution in [3.8, 4) is 0 Å². The lowest BCUT2D eigenvalue weighted by Crippen LogP contribution is -2.18. The van der Waals surface area contributed by atoms with Crippen molar-refractivity contribution in [2.45, 2.75) is 19.3 Å². The first kappa shape index (κ1) is 12.8. The summed E-state index contributed by atoms with van der Waals surface area (Å²) < 4.78 is 0. The van der Waals surface area contributed by atoms with E-state index in [1.54, 1.807) is 0 Å². The highest BCUT2D eigenvalue weighted by Crippen LogP contribution is 2.34. The zero-order chi connectivity index (χ0) is 14.1. The zero-order valence-corrected chi connectivity index (χ0v) is 12.0. The van der Waals surface area contributed by atoms with E-state index >= 15 is 0 Å². The van der Waals surface area contributed by atoms with E-state index in [9.17, 15) is 0 Å². The predicted molar refractivity (Wildman–Crippen MR) is 85.1 cm³/mol. The molecule has 0 amide bonds. The van der Waals surface area contributed by atoms with Crippen molar-refractivity contribution in [2.75, 3.05) is 7.05 Å². The first-order chi connectivity index (χ1) is 9.72. The molecule has 0 saturated heterocycles. The molecule has 0 radical (unpaired) electrons. The summed E-state index contributed by atoms with van der Waals surface area (Å²) in [7, 11) is 1.94. The fourth-order valence-corrected chi connectivity index (χ4v) is 3.10. The van der Waals surface area contributed by atoms with Gasteiger partial charge in [-0.2, -0.15) is 0 Å². The summed E-state index contributed by atoms with van der Waals surface area (Å²) in [5.41, 5.74) is 13.4. The summed E-state index contributed by atoms with van der Waals surface area (Å²) in [6, 6.07) is 17.0. The molecule has 0 aromatic heterocycles. The second kappa shape index (κ2) is 5.04. The minimum Gasteiger partial charge on any atom is -0.397 e. The molecule has 2 aromatic carbocycles. The van der Waals surface area contributed by atoms with Crippen molar-refractivity contribution < 1.29 is 0 Å². The lowest BCUT2D eigenvalue weighted by molar-refractivity contribution is 0.752. The lowest BCUT2D eigenvalue weighted by Gasteiger charge is -2.25. The van der Waals surface area contributed by atoms with Crippen LogP contribution in [0.15, 0.2) is 48.5 Å². The van der Waals surface area contributed by atoms with Crippen molar-refractivity contribution in [1.29, 1.82) is 0 Å². The zero-order valence-electron chi connectivity index (χ0n) is 12.0. The number of hydrogen-bond acceptors (Lipinski definition) is 2. The van der Waals surface area contributed by atoms with Gasteiger partial charge in [0.05, 0.1) is 11.4 Å². The second-order valence-electron chi connectivity index (χ2n) is 5.39. The Morgan fingerprint density at radius 1 is 1.00 bits per heavy atom. The molecule has 2 heteroatoms. The largest absolute Gasteiger partial charge is 0.397 e. The van der Waals surface area contributed by atoms with Gasteiger partial charge in [0.15, 0.2) is 0 Å². The third-order valence-corrected chi connectivity index (χ3v) is 4.11. The maximum atomic E-state index is 6.46. The molecule has 0 bridgehead atoms. The van der Waals surface area contributed by atoms with E-state index in [1.165, 1.54) is 16.7 Å². The van der Waals surface area contributed by atoms with Gasteiger partial charge in [-0.15, -0.1) is 0 Å². The normalized spacial score (nSPS) is 21.4. The standard InChI is InChI=1S/C18H20N2/c1-12-11-13-7-3-4-9-15(13)18(20-2)17(19)16-10-6-5-8-14(12)16/h3-10,12,20H,11,19H2,1-2H3/b18-17-. The average molecular weight is 264 g/mol. The smallest absolute Gasteiger partial charge is 0.0654 e. The van der Waals surface area contributed by atoms with Crippen LogP contribution in [0.3, 0.4) is 0 Å². The van der Waals surface area contributed by atoms with Gasteiger partial charge in [-0.1, -0.05) is 55.5 Å². The molecule has 1 aliphatic rings. The topological polar surface area (TPSA) is 38.0 Å². The van der Waals surface area contributed by atoms with Gasteiger partial charge in [0.2, 0.25) is 0 Å². The molecule has 0 aliphatic heterocycles.